The Morgan fingerprint density at radius 1 is 1.62 bits per heavy atom. The summed E-state index contributed by atoms with van der Waals surface area (Å²) in [5.41, 5.74) is 0. The molecule has 1 saturated heterocycles. The molecule has 0 bridgehead atoms. The lowest BCUT2D eigenvalue weighted by molar-refractivity contribution is -0.0556. The molecule has 1 rings (SSSR count). The van der Waals surface area contributed by atoms with Crippen LogP contribution in [0.25, 0.3) is 0 Å². The van der Waals surface area contributed by atoms with E-state index in [1.807, 2.05) is 11.6 Å². The molecule has 5 heteroatoms. The highest BCUT2D eigenvalue weighted by molar-refractivity contribution is 8.10. The number of rotatable bonds is 2. The summed E-state index contributed by atoms with van der Waals surface area (Å²) >= 11 is 5.10. The third-order valence-corrected chi connectivity index (χ3v) is 4.36. The smallest absolute Gasteiger partial charge is 0.126 e. The lowest BCUT2D eigenvalue weighted by Crippen LogP contribution is -2.44. The van der Waals surface area contributed by atoms with Crippen molar-refractivity contribution in [3.8, 4) is 0 Å². The zero-order valence-electron chi connectivity index (χ0n) is 8.43. The Morgan fingerprint density at radius 3 is 2.69 bits per heavy atom. The summed E-state index contributed by atoms with van der Waals surface area (Å²) in [7, 11) is 0. The average molecular weight is 223 g/mol. The van der Waals surface area contributed by atoms with Crippen molar-refractivity contribution in [3.63, 3.8) is 0 Å². The van der Waals surface area contributed by atoms with Crippen LogP contribution < -0.4 is 0 Å². The van der Waals surface area contributed by atoms with Crippen LogP contribution >= 0.6 is 6.42 Å². The molecule has 78 valence electrons. The van der Waals surface area contributed by atoms with E-state index in [2.05, 4.69) is 6.92 Å². The van der Waals surface area contributed by atoms with Crippen molar-refractivity contribution in [2.24, 2.45) is 0 Å². The van der Waals surface area contributed by atoms with Crippen LogP contribution in [0.15, 0.2) is 0 Å². The maximum atomic E-state index is 9.77. The number of nitrogens with zero attached hydrogens (tertiary/aromatic N) is 1. The first-order valence-electron chi connectivity index (χ1n) is 4.64. The summed E-state index contributed by atoms with van der Waals surface area (Å²) in [5.74, 6) is 0. The summed E-state index contributed by atoms with van der Waals surface area (Å²) in [5, 5.41) is 0. The van der Waals surface area contributed by atoms with Gasteiger partial charge in [-0.25, -0.2) is 4.67 Å². The molecule has 0 aromatic rings. The highest BCUT2D eigenvalue weighted by Crippen LogP contribution is 2.42. The van der Waals surface area contributed by atoms with Crippen molar-refractivity contribution in [1.82, 2.24) is 4.67 Å². The number of ether oxygens (including phenoxy) is 1. The van der Waals surface area contributed by atoms with Crippen LogP contribution in [0.2, 0.25) is 0 Å². The van der Waals surface area contributed by atoms with E-state index < -0.39 is 6.42 Å². The predicted octanol–water partition coefficient (Wildman–Crippen LogP) is 1.42. The number of hydrogen-bond donors (Lipinski definition) is 1. The van der Waals surface area contributed by atoms with Crippen molar-refractivity contribution in [2.75, 3.05) is 19.8 Å². The summed E-state index contributed by atoms with van der Waals surface area (Å²) in [6, 6.07) is 0. The first-order valence-corrected chi connectivity index (χ1v) is 7.80. The molecule has 1 unspecified atom stereocenters. The molecule has 0 aromatic heterocycles. The zero-order chi connectivity index (χ0) is 10.1. The third kappa shape index (κ3) is 3.30. The van der Waals surface area contributed by atoms with Crippen molar-refractivity contribution < 1.29 is 9.63 Å². The minimum absolute atomic E-state index is 0.188. The molecular formula is C8H18NO2PS. The Labute approximate surface area is 85.2 Å². The van der Waals surface area contributed by atoms with Gasteiger partial charge in [0, 0.05) is 19.8 Å². The third-order valence-electron chi connectivity index (χ3n) is 2.29. The van der Waals surface area contributed by atoms with Gasteiger partial charge in [0.25, 0.3) is 0 Å². The second-order valence-electron chi connectivity index (χ2n) is 3.68. The van der Waals surface area contributed by atoms with Crippen LogP contribution in [0.5, 0.6) is 0 Å². The monoisotopic (exact) mass is 223 g/mol. The Hall–Kier alpha value is 0.530. The summed E-state index contributed by atoms with van der Waals surface area (Å²) < 4.78 is 7.68. The molecule has 0 aromatic carbocycles. The zero-order valence-corrected chi connectivity index (χ0v) is 10.1. The molecule has 1 fully saturated rings. The molecule has 0 spiro atoms. The quantitative estimate of drug-likeness (QED) is 0.718. The van der Waals surface area contributed by atoms with Crippen molar-refractivity contribution >= 4 is 18.2 Å². The van der Waals surface area contributed by atoms with E-state index in [9.17, 15) is 4.89 Å². The highest BCUT2D eigenvalue weighted by atomic mass is 32.4. The Morgan fingerprint density at radius 2 is 2.23 bits per heavy atom. The molecule has 0 radical (unpaired) electrons. The molecule has 3 nitrogen and oxygen atoms in total. The molecule has 1 aliphatic heterocycles. The largest absolute Gasteiger partial charge is 0.373 e. The van der Waals surface area contributed by atoms with Gasteiger partial charge in [-0.2, -0.15) is 0 Å². The van der Waals surface area contributed by atoms with Crippen LogP contribution in [0, 0.1) is 0 Å². The normalized spacial score (nSPS) is 35.7. The average Bonchev–Trinajstić information content (AvgIpc) is 2.01. The van der Waals surface area contributed by atoms with Gasteiger partial charge in [-0.3, -0.25) is 0 Å². The number of morpholine rings is 1. The van der Waals surface area contributed by atoms with Gasteiger partial charge < -0.3 is 9.63 Å². The summed E-state index contributed by atoms with van der Waals surface area (Å²) in [6.45, 7) is 7.43. The predicted molar refractivity (Wildman–Crippen MR) is 58.6 cm³/mol. The number of hydrogen-bond acceptors (Lipinski definition) is 2. The van der Waals surface area contributed by atoms with Gasteiger partial charge >= 0.3 is 0 Å². The van der Waals surface area contributed by atoms with E-state index in [-0.39, 0.29) is 12.2 Å². The molecule has 3 atom stereocenters. The van der Waals surface area contributed by atoms with Crippen LogP contribution in [-0.4, -0.2) is 41.5 Å². The van der Waals surface area contributed by atoms with Crippen molar-refractivity contribution in [3.05, 3.63) is 0 Å². The lowest BCUT2D eigenvalue weighted by Gasteiger charge is -2.39. The van der Waals surface area contributed by atoms with Gasteiger partial charge in [-0.15, -0.1) is 0 Å². The van der Waals surface area contributed by atoms with Crippen LogP contribution in [0.4, 0.5) is 0 Å². The fourth-order valence-corrected chi connectivity index (χ4v) is 2.97. The fraction of sp³-hybridized carbons (Fsp3) is 1.00. The maximum Gasteiger partial charge on any atom is 0.126 e. The summed E-state index contributed by atoms with van der Waals surface area (Å²) in [6.07, 6.45) is -0.838. The highest BCUT2D eigenvalue weighted by Gasteiger charge is 2.29. The second-order valence-corrected chi connectivity index (χ2v) is 8.00. The standard InChI is InChI=1S/C8H18NO2PS/c1-4-8-6-9(12(3,10)13)5-7(2)11-8/h7-8H,4-6H2,1-3H3,(H,10,13)/t7-,8+,12?/m0/s1. The SMILES string of the molecule is CC[C@@H]1CN(P(C)(O)=S)C[C@H](C)O1. The van der Waals surface area contributed by atoms with Crippen molar-refractivity contribution in [1.29, 1.82) is 0 Å². The van der Waals surface area contributed by atoms with E-state index in [0.717, 1.165) is 19.5 Å². The Kier molecular flexibility index (Phi) is 3.90. The van der Waals surface area contributed by atoms with Gasteiger partial charge in [-0.05, 0) is 13.3 Å². The minimum Gasteiger partial charge on any atom is -0.373 e. The minimum atomic E-state index is -2.24. The maximum absolute atomic E-state index is 9.77. The molecule has 0 amide bonds. The van der Waals surface area contributed by atoms with E-state index in [1.165, 1.54) is 0 Å². The lowest BCUT2D eigenvalue weighted by atomic mass is 10.2. The molecular weight excluding hydrogens is 205 g/mol. The van der Waals surface area contributed by atoms with Crippen LogP contribution in [-0.2, 0) is 16.5 Å². The Balaban J connectivity index is 2.62. The topological polar surface area (TPSA) is 32.7 Å². The second kappa shape index (κ2) is 4.37. The van der Waals surface area contributed by atoms with E-state index in [1.54, 1.807) is 6.66 Å². The Bertz CT molecular complexity index is 218. The van der Waals surface area contributed by atoms with E-state index >= 15 is 0 Å². The van der Waals surface area contributed by atoms with E-state index in [0.29, 0.717) is 0 Å². The van der Waals surface area contributed by atoms with E-state index in [4.69, 9.17) is 16.5 Å². The van der Waals surface area contributed by atoms with Crippen LogP contribution in [0.1, 0.15) is 20.3 Å². The molecule has 0 aliphatic carbocycles. The molecule has 1 heterocycles. The first kappa shape index (κ1) is 11.6. The first-order chi connectivity index (χ1) is 5.93. The molecule has 0 saturated carbocycles. The van der Waals surface area contributed by atoms with Gasteiger partial charge in [0.1, 0.15) is 6.42 Å². The molecule has 1 N–H and O–H groups in total. The van der Waals surface area contributed by atoms with Gasteiger partial charge in [0.05, 0.1) is 12.2 Å². The summed E-state index contributed by atoms with van der Waals surface area (Å²) in [4.78, 5) is 9.77. The molecule has 1 aliphatic rings. The van der Waals surface area contributed by atoms with Gasteiger partial charge in [0.15, 0.2) is 0 Å². The van der Waals surface area contributed by atoms with Gasteiger partial charge in [-0.1, -0.05) is 18.7 Å². The fourth-order valence-electron chi connectivity index (χ4n) is 1.55. The van der Waals surface area contributed by atoms with Gasteiger partial charge in [0.2, 0.25) is 0 Å². The van der Waals surface area contributed by atoms with Crippen LogP contribution in [0.3, 0.4) is 0 Å². The molecule has 13 heavy (non-hydrogen) atoms. The van der Waals surface area contributed by atoms with Crippen molar-refractivity contribution in [2.45, 2.75) is 32.5 Å².